The predicted molar refractivity (Wildman–Crippen MR) is 103 cm³/mol. The Balaban J connectivity index is 1.69. The number of nitrogens with one attached hydrogen (secondary N) is 2. The first-order valence-corrected chi connectivity index (χ1v) is 9.61. The van der Waals surface area contributed by atoms with Crippen LogP contribution in [-0.4, -0.2) is 36.4 Å². The number of carbonyl (C=O) groups is 1. The fourth-order valence-electron chi connectivity index (χ4n) is 3.01. The summed E-state index contributed by atoms with van der Waals surface area (Å²) in [6, 6.07) is 8.30. The number of hydrogen-bond acceptors (Lipinski definition) is 2. The molecular formula is C20H32N4O. The van der Waals surface area contributed by atoms with Crippen LogP contribution in [0.2, 0.25) is 0 Å². The summed E-state index contributed by atoms with van der Waals surface area (Å²) < 4.78 is 0. The minimum atomic E-state index is 0.229. The van der Waals surface area contributed by atoms with Crippen molar-refractivity contribution >= 4 is 11.9 Å². The first-order valence-electron chi connectivity index (χ1n) is 9.61. The van der Waals surface area contributed by atoms with E-state index in [0.29, 0.717) is 13.0 Å². The Morgan fingerprint density at radius 3 is 2.44 bits per heavy atom. The molecule has 1 aliphatic rings. The highest BCUT2D eigenvalue weighted by Crippen LogP contribution is 2.22. The molecule has 0 fully saturated rings. The van der Waals surface area contributed by atoms with Crippen LogP contribution in [0.25, 0.3) is 0 Å². The second-order valence-electron chi connectivity index (χ2n) is 6.52. The van der Waals surface area contributed by atoms with Crippen LogP contribution in [0, 0.1) is 0 Å². The van der Waals surface area contributed by atoms with E-state index < -0.39 is 0 Å². The number of guanidine groups is 1. The third-order valence-corrected chi connectivity index (χ3v) is 4.43. The summed E-state index contributed by atoms with van der Waals surface area (Å²) in [5.41, 5.74) is 2.55. The Labute approximate surface area is 151 Å². The molecule has 5 heteroatoms. The molecule has 0 bridgehead atoms. The molecule has 2 rings (SSSR count). The molecule has 25 heavy (non-hydrogen) atoms. The zero-order valence-corrected chi connectivity index (χ0v) is 15.7. The molecule has 0 atom stereocenters. The van der Waals surface area contributed by atoms with Crippen molar-refractivity contribution in [3.63, 3.8) is 0 Å². The normalized spacial score (nSPS) is 13.7. The Hall–Kier alpha value is -2.04. The van der Waals surface area contributed by atoms with Gasteiger partial charge >= 0.3 is 0 Å². The highest BCUT2D eigenvalue weighted by molar-refractivity contribution is 5.80. The van der Waals surface area contributed by atoms with E-state index in [2.05, 4.69) is 41.6 Å². The average Bonchev–Trinajstić information content (AvgIpc) is 3.06. The Morgan fingerprint density at radius 1 is 1.08 bits per heavy atom. The molecule has 0 radical (unpaired) electrons. The number of amides is 1. The van der Waals surface area contributed by atoms with Gasteiger partial charge in [0.1, 0.15) is 0 Å². The third kappa shape index (κ3) is 6.40. The quantitative estimate of drug-likeness (QED) is 0.411. The van der Waals surface area contributed by atoms with Crippen molar-refractivity contribution in [2.75, 3.05) is 19.6 Å². The van der Waals surface area contributed by atoms with Gasteiger partial charge in [-0.15, -0.1) is 0 Å². The summed E-state index contributed by atoms with van der Waals surface area (Å²) in [5.74, 6) is 1.09. The van der Waals surface area contributed by atoms with Gasteiger partial charge in [-0.1, -0.05) is 44.0 Å². The minimum Gasteiger partial charge on any atom is -0.357 e. The maximum absolute atomic E-state index is 12.4. The van der Waals surface area contributed by atoms with E-state index >= 15 is 0 Å². The van der Waals surface area contributed by atoms with Crippen molar-refractivity contribution in [3.05, 3.63) is 35.4 Å². The molecule has 5 nitrogen and oxygen atoms in total. The van der Waals surface area contributed by atoms with Gasteiger partial charge in [-0.25, -0.2) is 0 Å². The van der Waals surface area contributed by atoms with Crippen molar-refractivity contribution < 1.29 is 4.79 Å². The summed E-state index contributed by atoms with van der Waals surface area (Å²) in [4.78, 5) is 18.9. The van der Waals surface area contributed by atoms with E-state index in [1.54, 1.807) is 0 Å². The molecule has 0 saturated carbocycles. The van der Waals surface area contributed by atoms with Gasteiger partial charge in [0.25, 0.3) is 0 Å². The lowest BCUT2D eigenvalue weighted by molar-refractivity contribution is -0.131. The zero-order chi connectivity index (χ0) is 17.9. The van der Waals surface area contributed by atoms with Crippen molar-refractivity contribution in [2.24, 2.45) is 4.99 Å². The largest absolute Gasteiger partial charge is 0.357 e. The van der Waals surface area contributed by atoms with E-state index in [-0.39, 0.29) is 5.91 Å². The molecule has 138 valence electrons. The van der Waals surface area contributed by atoms with Gasteiger partial charge < -0.3 is 15.5 Å². The number of hydrogen-bond donors (Lipinski definition) is 2. The zero-order valence-electron chi connectivity index (χ0n) is 15.7. The minimum absolute atomic E-state index is 0.229. The smallest absolute Gasteiger partial charge is 0.223 e. The second kappa shape index (κ2) is 10.7. The van der Waals surface area contributed by atoms with E-state index in [0.717, 1.165) is 45.0 Å². The van der Waals surface area contributed by atoms with Crippen molar-refractivity contribution in [2.45, 2.75) is 59.0 Å². The number of aliphatic imine (C=N–C) groups is 1. The first kappa shape index (κ1) is 19.3. The molecule has 0 aromatic heterocycles. The van der Waals surface area contributed by atoms with Crippen molar-refractivity contribution in [3.8, 4) is 0 Å². The number of carbonyl (C=O) groups excluding carboxylic acids is 1. The standard InChI is InChI=1S/C20H32N4O/c1-3-5-8-13-22-20(21-4-2)23-14-9-12-19(25)24-15-17-10-6-7-11-18(17)16-24/h6-7,10-11H,3-5,8-9,12-16H2,1-2H3,(H2,21,22,23). The van der Waals surface area contributed by atoms with Gasteiger partial charge in [-0.05, 0) is 30.9 Å². The Bertz CT molecular complexity index is 546. The van der Waals surface area contributed by atoms with E-state index in [1.165, 1.54) is 24.0 Å². The molecule has 0 saturated heterocycles. The lowest BCUT2D eigenvalue weighted by Crippen LogP contribution is -2.37. The SMILES string of the molecule is CCCCCNC(=NCCCC(=O)N1Cc2ccccc2C1)NCC. The fourth-order valence-corrected chi connectivity index (χ4v) is 3.01. The Kier molecular flexibility index (Phi) is 8.29. The van der Waals surface area contributed by atoms with Crippen LogP contribution >= 0.6 is 0 Å². The van der Waals surface area contributed by atoms with E-state index in [4.69, 9.17) is 0 Å². The molecule has 1 amide bonds. The molecule has 0 aliphatic carbocycles. The van der Waals surface area contributed by atoms with Gasteiger partial charge in [0.15, 0.2) is 5.96 Å². The number of fused-ring (bicyclic) bond motifs is 1. The van der Waals surface area contributed by atoms with Gasteiger partial charge in [-0.3, -0.25) is 9.79 Å². The third-order valence-electron chi connectivity index (χ3n) is 4.43. The topological polar surface area (TPSA) is 56.7 Å². The van der Waals surface area contributed by atoms with E-state index in [1.807, 2.05) is 17.0 Å². The average molecular weight is 345 g/mol. The van der Waals surface area contributed by atoms with E-state index in [9.17, 15) is 4.79 Å². The van der Waals surface area contributed by atoms with Crippen LogP contribution in [0.5, 0.6) is 0 Å². The number of rotatable bonds is 9. The molecule has 1 aromatic carbocycles. The lowest BCUT2D eigenvalue weighted by atomic mass is 10.1. The first-order chi connectivity index (χ1) is 12.2. The summed E-state index contributed by atoms with van der Waals surface area (Å²) >= 11 is 0. The van der Waals surface area contributed by atoms with Gasteiger partial charge in [0, 0.05) is 39.1 Å². The molecule has 0 spiro atoms. The maximum Gasteiger partial charge on any atom is 0.223 e. The summed E-state index contributed by atoms with van der Waals surface area (Å²) in [6.45, 7) is 8.25. The summed E-state index contributed by atoms with van der Waals surface area (Å²) in [5, 5.41) is 6.61. The number of unbranched alkanes of at least 4 members (excludes halogenated alkanes) is 2. The Morgan fingerprint density at radius 2 is 1.80 bits per heavy atom. The van der Waals surface area contributed by atoms with Crippen LogP contribution in [-0.2, 0) is 17.9 Å². The van der Waals surface area contributed by atoms with Crippen LogP contribution in [0.1, 0.15) is 57.1 Å². The van der Waals surface area contributed by atoms with Crippen molar-refractivity contribution in [1.82, 2.24) is 15.5 Å². The highest BCUT2D eigenvalue weighted by atomic mass is 16.2. The number of benzene rings is 1. The number of nitrogens with zero attached hydrogens (tertiary/aromatic N) is 2. The van der Waals surface area contributed by atoms with Crippen LogP contribution in [0.3, 0.4) is 0 Å². The van der Waals surface area contributed by atoms with Gasteiger partial charge in [0.05, 0.1) is 0 Å². The summed E-state index contributed by atoms with van der Waals surface area (Å²) in [7, 11) is 0. The molecule has 1 aromatic rings. The molecular weight excluding hydrogens is 312 g/mol. The second-order valence-corrected chi connectivity index (χ2v) is 6.52. The van der Waals surface area contributed by atoms with Crippen molar-refractivity contribution in [1.29, 1.82) is 0 Å². The van der Waals surface area contributed by atoms with Crippen LogP contribution in [0.15, 0.2) is 29.3 Å². The van der Waals surface area contributed by atoms with Gasteiger partial charge in [-0.2, -0.15) is 0 Å². The van der Waals surface area contributed by atoms with Gasteiger partial charge in [0.2, 0.25) is 5.91 Å². The molecule has 1 aliphatic heterocycles. The predicted octanol–water partition coefficient (Wildman–Crippen LogP) is 3.05. The highest BCUT2D eigenvalue weighted by Gasteiger charge is 2.22. The molecule has 0 unspecified atom stereocenters. The summed E-state index contributed by atoms with van der Waals surface area (Å²) in [6.07, 6.45) is 4.97. The molecule has 2 N–H and O–H groups in total. The lowest BCUT2D eigenvalue weighted by Gasteiger charge is -2.15. The van der Waals surface area contributed by atoms with Crippen LogP contribution in [0.4, 0.5) is 0 Å². The van der Waals surface area contributed by atoms with Crippen LogP contribution < -0.4 is 10.6 Å². The molecule has 1 heterocycles. The monoisotopic (exact) mass is 344 g/mol. The fraction of sp³-hybridized carbons (Fsp3) is 0.600. The maximum atomic E-state index is 12.4.